The van der Waals surface area contributed by atoms with Gasteiger partial charge in [-0.1, -0.05) is 0 Å². The third-order valence-electron chi connectivity index (χ3n) is 5.97. The molecule has 0 saturated carbocycles. The molecular formula is C23H27F3N4O2. The van der Waals surface area contributed by atoms with Crippen LogP contribution < -0.4 is 11.1 Å². The van der Waals surface area contributed by atoms with Gasteiger partial charge in [0, 0.05) is 24.8 Å². The summed E-state index contributed by atoms with van der Waals surface area (Å²) in [6, 6.07) is 5.90. The van der Waals surface area contributed by atoms with Crippen molar-refractivity contribution in [2.24, 2.45) is 5.73 Å². The summed E-state index contributed by atoms with van der Waals surface area (Å²) in [7, 11) is 1.74. The van der Waals surface area contributed by atoms with Crippen LogP contribution in [0.15, 0.2) is 30.3 Å². The van der Waals surface area contributed by atoms with Gasteiger partial charge in [0.15, 0.2) is 0 Å². The van der Waals surface area contributed by atoms with E-state index in [0.717, 1.165) is 18.2 Å². The minimum Gasteiger partial charge on any atom is -0.366 e. The number of alkyl halides is 3. The molecule has 172 valence electrons. The average Bonchev–Trinajstić information content (AvgIpc) is 3.14. The summed E-state index contributed by atoms with van der Waals surface area (Å²) >= 11 is 0. The average molecular weight is 448 g/mol. The van der Waals surface area contributed by atoms with Crippen LogP contribution in [0.25, 0.3) is 11.1 Å². The van der Waals surface area contributed by atoms with E-state index in [9.17, 15) is 22.8 Å². The Bertz CT molecular complexity index is 1050. The summed E-state index contributed by atoms with van der Waals surface area (Å²) in [5.41, 5.74) is 5.50. The molecule has 32 heavy (non-hydrogen) atoms. The van der Waals surface area contributed by atoms with Crippen LogP contribution in [-0.4, -0.2) is 40.8 Å². The van der Waals surface area contributed by atoms with E-state index in [1.54, 1.807) is 31.0 Å². The van der Waals surface area contributed by atoms with Crippen molar-refractivity contribution in [3.63, 3.8) is 0 Å². The molecule has 3 N–H and O–H groups in total. The van der Waals surface area contributed by atoms with Gasteiger partial charge in [-0.15, -0.1) is 0 Å². The van der Waals surface area contributed by atoms with Crippen molar-refractivity contribution in [2.75, 3.05) is 13.6 Å². The lowest BCUT2D eigenvalue weighted by Gasteiger charge is -2.29. The third kappa shape index (κ3) is 4.62. The van der Waals surface area contributed by atoms with Crippen LogP contribution in [0, 0.1) is 6.92 Å². The number of likely N-dealkylation sites (N-methyl/N-ethyl adjacent to an activating group) is 1. The first-order valence-corrected chi connectivity index (χ1v) is 10.4. The SMILES string of the molecule is CCN(C)C(=O)[C@@]1(C)CC[C@H](c2cc(-c3cc(C(F)(F)F)ccc3C(N)=O)cc(C)n2)N1. The number of amides is 2. The van der Waals surface area contributed by atoms with Crippen LogP contribution in [0.2, 0.25) is 0 Å². The first-order chi connectivity index (χ1) is 14.9. The zero-order chi connectivity index (χ0) is 23.8. The van der Waals surface area contributed by atoms with Crippen LogP contribution in [-0.2, 0) is 11.0 Å². The number of rotatable bonds is 5. The fourth-order valence-corrected chi connectivity index (χ4v) is 4.12. The number of aromatic nitrogens is 1. The molecule has 2 amide bonds. The van der Waals surface area contributed by atoms with Gasteiger partial charge in [0.2, 0.25) is 11.8 Å². The molecule has 1 fully saturated rings. The molecule has 3 rings (SSSR count). The van der Waals surface area contributed by atoms with E-state index >= 15 is 0 Å². The number of nitrogens with zero attached hydrogens (tertiary/aromatic N) is 2. The van der Waals surface area contributed by atoms with Crippen LogP contribution >= 0.6 is 0 Å². The van der Waals surface area contributed by atoms with Crippen molar-refractivity contribution < 1.29 is 22.8 Å². The highest BCUT2D eigenvalue weighted by Gasteiger charge is 2.42. The number of hydrogen-bond acceptors (Lipinski definition) is 4. The molecule has 0 spiro atoms. The number of halogens is 3. The number of aryl methyl sites for hydroxylation is 1. The Labute approximate surface area is 185 Å². The molecule has 1 aliphatic rings. The quantitative estimate of drug-likeness (QED) is 0.728. The number of nitrogens with two attached hydrogens (primary N) is 1. The van der Waals surface area contributed by atoms with E-state index < -0.39 is 23.2 Å². The monoisotopic (exact) mass is 448 g/mol. The minimum absolute atomic E-state index is 0.00137. The van der Waals surface area contributed by atoms with Gasteiger partial charge < -0.3 is 10.6 Å². The fourth-order valence-electron chi connectivity index (χ4n) is 4.12. The summed E-state index contributed by atoms with van der Waals surface area (Å²) in [5.74, 6) is -0.839. The Morgan fingerprint density at radius 1 is 1.28 bits per heavy atom. The second kappa shape index (κ2) is 8.54. The standard InChI is InChI=1S/C23H27F3N4O2/c1-5-30(4)21(32)22(3)9-8-18(29-22)19-11-14(10-13(2)28-19)17-12-15(23(24,25)26)6-7-16(17)20(27)31/h6-7,10-12,18,29H,5,8-9H2,1-4H3,(H2,27,31)/t18-,22-/m1/s1. The van der Waals surface area contributed by atoms with E-state index in [2.05, 4.69) is 10.3 Å². The van der Waals surface area contributed by atoms with Crippen LogP contribution in [0.5, 0.6) is 0 Å². The molecule has 2 aromatic rings. The second-order valence-corrected chi connectivity index (χ2v) is 8.43. The molecule has 1 aromatic carbocycles. The van der Waals surface area contributed by atoms with Crippen molar-refractivity contribution in [1.82, 2.24) is 15.2 Å². The summed E-state index contributed by atoms with van der Waals surface area (Å²) in [6.07, 6.45) is -3.32. The Hall–Kier alpha value is -2.94. The van der Waals surface area contributed by atoms with Gasteiger partial charge in [-0.3, -0.25) is 19.9 Å². The van der Waals surface area contributed by atoms with Gasteiger partial charge in [-0.25, -0.2) is 0 Å². The Balaban J connectivity index is 2.02. The van der Waals surface area contributed by atoms with Crippen LogP contribution in [0.4, 0.5) is 13.2 Å². The molecule has 0 radical (unpaired) electrons. The lowest BCUT2D eigenvalue weighted by Crippen LogP contribution is -2.52. The smallest absolute Gasteiger partial charge is 0.366 e. The van der Waals surface area contributed by atoms with E-state index in [4.69, 9.17) is 5.73 Å². The van der Waals surface area contributed by atoms with Crippen molar-refractivity contribution in [2.45, 2.75) is 51.4 Å². The van der Waals surface area contributed by atoms with Crippen molar-refractivity contribution >= 4 is 11.8 Å². The lowest BCUT2D eigenvalue weighted by atomic mass is 9.95. The maximum Gasteiger partial charge on any atom is 0.416 e. The number of nitrogens with one attached hydrogen (secondary N) is 1. The zero-order valence-corrected chi connectivity index (χ0v) is 18.5. The van der Waals surface area contributed by atoms with Gasteiger partial charge in [0.1, 0.15) is 0 Å². The van der Waals surface area contributed by atoms with Crippen molar-refractivity contribution in [3.05, 3.63) is 52.8 Å². The van der Waals surface area contributed by atoms with Crippen LogP contribution in [0.1, 0.15) is 60.0 Å². The van der Waals surface area contributed by atoms with Gasteiger partial charge >= 0.3 is 6.18 Å². The number of hydrogen-bond donors (Lipinski definition) is 2. The molecule has 1 aromatic heterocycles. The Kier molecular flexibility index (Phi) is 6.33. The first-order valence-electron chi connectivity index (χ1n) is 10.4. The first kappa shape index (κ1) is 23.7. The van der Waals surface area contributed by atoms with Crippen molar-refractivity contribution in [3.8, 4) is 11.1 Å². The molecule has 6 nitrogen and oxygen atoms in total. The molecule has 2 heterocycles. The molecule has 0 bridgehead atoms. The van der Waals surface area contributed by atoms with E-state index in [1.165, 1.54) is 0 Å². The number of pyridine rings is 1. The normalized spacial score (nSPS) is 20.9. The summed E-state index contributed by atoms with van der Waals surface area (Å²) in [6.45, 7) is 6.05. The molecule has 2 atom stereocenters. The highest BCUT2D eigenvalue weighted by atomic mass is 19.4. The predicted molar refractivity (Wildman–Crippen MR) is 115 cm³/mol. The van der Waals surface area contributed by atoms with Crippen LogP contribution in [0.3, 0.4) is 0 Å². The number of carbonyl (C=O) groups is 2. The molecule has 1 saturated heterocycles. The number of benzene rings is 1. The van der Waals surface area contributed by atoms with Gasteiger partial charge in [-0.05, 0) is 75.1 Å². The van der Waals surface area contributed by atoms with Crippen molar-refractivity contribution in [1.29, 1.82) is 0 Å². The van der Waals surface area contributed by atoms with Gasteiger partial charge in [0.25, 0.3) is 0 Å². The van der Waals surface area contributed by atoms with E-state index in [0.29, 0.717) is 36.3 Å². The summed E-state index contributed by atoms with van der Waals surface area (Å²) in [5, 5.41) is 3.35. The minimum atomic E-state index is -4.56. The third-order valence-corrected chi connectivity index (χ3v) is 5.97. The second-order valence-electron chi connectivity index (χ2n) is 8.43. The van der Waals surface area contributed by atoms with Gasteiger partial charge in [0.05, 0.1) is 22.8 Å². The van der Waals surface area contributed by atoms with E-state index in [-0.39, 0.29) is 23.1 Å². The predicted octanol–water partition coefficient (Wildman–Crippen LogP) is 3.84. The summed E-state index contributed by atoms with van der Waals surface area (Å²) in [4.78, 5) is 30.9. The largest absolute Gasteiger partial charge is 0.416 e. The maximum absolute atomic E-state index is 13.3. The highest BCUT2D eigenvalue weighted by molar-refractivity contribution is 6.00. The fraction of sp³-hybridized carbons (Fsp3) is 0.435. The molecular weight excluding hydrogens is 421 g/mol. The molecule has 9 heteroatoms. The van der Waals surface area contributed by atoms with Gasteiger partial charge in [-0.2, -0.15) is 13.2 Å². The number of carbonyl (C=O) groups excluding carboxylic acids is 2. The highest BCUT2D eigenvalue weighted by Crippen LogP contribution is 2.37. The topological polar surface area (TPSA) is 88.3 Å². The zero-order valence-electron chi connectivity index (χ0n) is 18.5. The Morgan fingerprint density at radius 3 is 2.56 bits per heavy atom. The number of primary amides is 1. The lowest BCUT2D eigenvalue weighted by molar-refractivity contribution is -0.137. The summed E-state index contributed by atoms with van der Waals surface area (Å²) < 4.78 is 39.9. The maximum atomic E-state index is 13.3. The molecule has 0 unspecified atom stereocenters. The van der Waals surface area contributed by atoms with E-state index in [1.807, 2.05) is 13.8 Å². The molecule has 1 aliphatic heterocycles. The Morgan fingerprint density at radius 2 is 1.97 bits per heavy atom. The molecule has 0 aliphatic carbocycles.